The van der Waals surface area contributed by atoms with Crippen LogP contribution in [0.2, 0.25) is 0 Å². The van der Waals surface area contributed by atoms with Gasteiger partial charge in [0.15, 0.2) is 5.96 Å². The topological polar surface area (TPSA) is 74.9 Å². The molecule has 33 heavy (non-hydrogen) atoms. The first-order valence-electron chi connectivity index (χ1n) is 10.7. The van der Waals surface area contributed by atoms with Gasteiger partial charge >= 0.3 is 0 Å². The van der Waals surface area contributed by atoms with E-state index >= 15 is 0 Å². The fraction of sp³-hybridized carbons (Fsp3) is 0.333. The summed E-state index contributed by atoms with van der Waals surface area (Å²) in [6.07, 6.45) is 3.34. The van der Waals surface area contributed by atoms with Crippen LogP contribution >= 0.6 is 24.0 Å². The van der Waals surface area contributed by atoms with Gasteiger partial charge in [-0.25, -0.2) is 9.37 Å². The molecule has 1 saturated heterocycles. The number of rotatable bonds is 7. The maximum atomic E-state index is 13.1. The highest BCUT2D eigenvalue weighted by atomic mass is 127. The zero-order valence-electron chi connectivity index (χ0n) is 18.8. The molecule has 0 spiro atoms. The average Bonchev–Trinajstić information content (AvgIpc) is 3.49. The Morgan fingerprint density at radius 3 is 2.79 bits per heavy atom. The summed E-state index contributed by atoms with van der Waals surface area (Å²) in [6, 6.07) is 14.5. The molecule has 9 heteroatoms. The molecule has 0 bridgehead atoms. The molecule has 0 amide bonds. The molecule has 1 aromatic heterocycles. The summed E-state index contributed by atoms with van der Waals surface area (Å²) in [5, 5.41) is 6.85. The number of anilines is 1. The molecule has 176 valence electrons. The van der Waals surface area contributed by atoms with Crippen LogP contribution in [-0.4, -0.2) is 50.8 Å². The van der Waals surface area contributed by atoms with Crippen molar-refractivity contribution in [3.8, 4) is 17.2 Å². The number of benzene rings is 2. The summed E-state index contributed by atoms with van der Waals surface area (Å²) < 4.78 is 24.1. The second kappa shape index (κ2) is 11.9. The lowest BCUT2D eigenvalue weighted by Gasteiger charge is -2.22. The van der Waals surface area contributed by atoms with Crippen molar-refractivity contribution in [3.63, 3.8) is 0 Å². The van der Waals surface area contributed by atoms with Crippen LogP contribution in [0.25, 0.3) is 11.5 Å². The molecular formula is C24H29FIN5O2. The molecule has 2 aromatic carbocycles. The first-order valence-corrected chi connectivity index (χ1v) is 10.7. The highest BCUT2D eigenvalue weighted by Crippen LogP contribution is 2.30. The Kier molecular flexibility index (Phi) is 8.93. The average molecular weight is 565 g/mol. The minimum absolute atomic E-state index is 0. The van der Waals surface area contributed by atoms with Gasteiger partial charge in [0.25, 0.3) is 0 Å². The number of oxazole rings is 1. The van der Waals surface area contributed by atoms with Gasteiger partial charge in [0.2, 0.25) is 5.89 Å². The number of aliphatic imine (C=N–C) groups is 1. The predicted molar refractivity (Wildman–Crippen MR) is 139 cm³/mol. The molecule has 3 aromatic rings. The molecule has 0 aliphatic carbocycles. The van der Waals surface area contributed by atoms with Gasteiger partial charge in [-0.05, 0) is 42.8 Å². The van der Waals surface area contributed by atoms with Gasteiger partial charge in [-0.15, -0.1) is 24.0 Å². The minimum atomic E-state index is -0.281. The van der Waals surface area contributed by atoms with E-state index in [0.717, 1.165) is 48.2 Å². The van der Waals surface area contributed by atoms with E-state index in [1.54, 1.807) is 32.6 Å². The third-order valence-corrected chi connectivity index (χ3v) is 5.50. The molecular weight excluding hydrogens is 536 g/mol. The standard InChI is InChI=1S/C24H28FN5O2.HI/c1-26-24(29-19-12-14-30(15-19)21-5-3-4-6-22(21)31-2)27-13-11-20-16-32-23(28-20)17-7-9-18(25)10-8-17;/h3-10,16,19H,11-15H2,1-2H3,(H2,26,27,29);1H. The van der Waals surface area contributed by atoms with Crippen LogP contribution in [0.5, 0.6) is 5.75 Å². The predicted octanol–water partition coefficient (Wildman–Crippen LogP) is 4.09. The Hall–Kier alpha value is -2.82. The summed E-state index contributed by atoms with van der Waals surface area (Å²) in [5.74, 6) is 1.87. The molecule has 1 aliphatic rings. The Bertz CT molecular complexity index is 1060. The van der Waals surface area contributed by atoms with Crippen molar-refractivity contribution in [2.45, 2.75) is 18.9 Å². The van der Waals surface area contributed by atoms with Crippen LogP contribution in [-0.2, 0) is 6.42 Å². The summed E-state index contributed by atoms with van der Waals surface area (Å²) in [5.41, 5.74) is 2.70. The fourth-order valence-corrected chi connectivity index (χ4v) is 3.83. The Labute approximate surface area is 210 Å². The second-order valence-electron chi connectivity index (χ2n) is 7.65. The van der Waals surface area contributed by atoms with Gasteiger partial charge in [0.1, 0.15) is 17.8 Å². The highest BCUT2D eigenvalue weighted by Gasteiger charge is 2.25. The summed E-state index contributed by atoms with van der Waals surface area (Å²) in [6.45, 7) is 2.50. The van der Waals surface area contributed by atoms with Crippen molar-refractivity contribution >= 4 is 35.6 Å². The van der Waals surface area contributed by atoms with Gasteiger partial charge in [-0.3, -0.25) is 4.99 Å². The van der Waals surface area contributed by atoms with Crippen LogP contribution in [0.15, 0.2) is 64.2 Å². The van der Waals surface area contributed by atoms with Crippen molar-refractivity contribution < 1.29 is 13.5 Å². The minimum Gasteiger partial charge on any atom is -0.495 e. The van der Waals surface area contributed by atoms with Gasteiger partial charge in [0, 0.05) is 44.7 Å². The first kappa shape index (κ1) is 24.8. The molecule has 4 rings (SSSR count). The number of hydrogen-bond acceptors (Lipinski definition) is 5. The second-order valence-corrected chi connectivity index (χ2v) is 7.65. The third-order valence-electron chi connectivity index (χ3n) is 5.50. The van der Waals surface area contributed by atoms with Crippen LogP contribution in [0.1, 0.15) is 12.1 Å². The number of hydrogen-bond donors (Lipinski definition) is 2. The molecule has 0 radical (unpaired) electrons. The van der Waals surface area contributed by atoms with Gasteiger partial charge in [0.05, 0.1) is 18.5 Å². The van der Waals surface area contributed by atoms with Crippen molar-refractivity contribution in [1.29, 1.82) is 0 Å². The molecule has 1 fully saturated rings. The highest BCUT2D eigenvalue weighted by molar-refractivity contribution is 14.0. The zero-order valence-corrected chi connectivity index (χ0v) is 21.1. The zero-order chi connectivity index (χ0) is 22.3. The molecule has 0 saturated carbocycles. The number of aromatic nitrogens is 1. The van der Waals surface area contributed by atoms with E-state index in [0.29, 0.717) is 24.9 Å². The lowest BCUT2D eigenvalue weighted by Crippen LogP contribution is -2.45. The number of para-hydroxylation sites is 2. The first-order chi connectivity index (χ1) is 15.7. The van der Waals surface area contributed by atoms with E-state index in [9.17, 15) is 4.39 Å². The molecule has 7 nitrogen and oxygen atoms in total. The van der Waals surface area contributed by atoms with Crippen molar-refractivity contribution in [2.75, 3.05) is 38.7 Å². The monoisotopic (exact) mass is 565 g/mol. The lowest BCUT2D eigenvalue weighted by atomic mass is 10.2. The van der Waals surface area contributed by atoms with E-state index in [-0.39, 0.29) is 29.8 Å². The Morgan fingerprint density at radius 1 is 1.24 bits per heavy atom. The van der Waals surface area contributed by atoms with E-state index in [4.69, 9.17) is 9.15 Å². The van der Waals surface area contributed by atoms with E-state index < -0.39 is 0 Å². The lowest BCUT2D eigenvalue weighted by molar-refractivity contribution is 0.415. The van der Waals surface area contributed by atoms with E-state index in [1.165, 1.54) is 12.1 Å². The SMILES string of the molecule is CN=C(NCCc1coc(-c2ccc(F)cc2)n1)NC1CCN(c2ccccc2OC)C1.I. The molecule has 1 atom stereocenters. The van der Waals surface area contributed by atoms with Crippen LogP contribution in [0.3, 0.4) is 0 Å². The Balaban J connectivity index is 0.00000306. The number of nitrogens with zero attached hydrogens (tertiary/aromatic N) is 3. The van der Waals surface area contributed by atoms with Gasteiger partial charge < -0.3 is 24.7 Å². The summed E-state index contributed by atoms with van der Waals surface area (Å²) in [4.78, 5) is 11.2. The number of halogens is 2. The number of guanidine groups is 1. The third kappa shape index (κ3) is 6.37. The van der Waals surface area contributed by atoms with Crippen LogP contribution in [0.4, 0.5) is 10.1 Å². The van der Waals surface area contributed by atoms with Crippen molar-refractivity contribution in [2.24, 2.45) is 4.99 Å². The van der Waals surface area contributed by atoms with E-state index in [1.807, 2.05) is 18.2 Å². The van der Waals surface area contributed by atoms with Gasteiger partial charge in [-0.1, -0.05) is 12.1 Å². The molecule has 2 heterocycles. The maximum Gasteiger partial charge on any atom is 0.226 e. The summed E-state index contributed by atoms with van der Waals surface area (Å²) in [7, 11) is 3.47. The molecule has 2 N–H and O–H groups in total. The number of ether oxygens (including phenoxy) is 1. The Morgan fingerprint density at radius 2 is 2.03 bits per heavy atom. The van der Waals surface area contributed by atoms with E-state index in [2.05, 4.69) is 31.6 Å². The summed E-state index contributed by atoms with van der Waals surface area (Å²) >= 11 is 0. The van der Waals surface area contributed by atoms with Crippen molar-refractivity contribution in [3.05, 3.63) is 66.3 Å². The number of methoxy groups -OCH3 is 1. The van der Waals surface area contributed by atoms with Crippen LogP contribution in [0, 0.1) is 5.82 Å². The molecule has 1 unspecified atom stereocenters. The number of nitrogens with one attached hydrogen (secondary N) is 2. The fourth-order valence-electron chi connectivity index (χ4n) is 3.83. The molecule has 1 aliphatic heterocycles. The maximum absolute atomic E-state index is 13.1. The van der Waals surface area contributed by atoms with Crippen molar-refractivity contribution in [1.82, 2.24) is 15.6 Å². The normalized spacial score (nSPS) is 15.8. The van der Waals surface area contributed by atoms with Gasteiger partial charge in [-0.2, -0.15) is 0 Å². The quantitative estimate of drug-likeness (QED) is 0.256. The smallest absolute Gasteiger partial charge is 0.226 e. The van der Waals surface area contributed by atoms with Crippen LogP contribution < -0.4 is 20.3 Å². The largest absolute Gasteiger partial charge is 0.495 e.